The highest BCUT2D eigenvalue weighted by Gasteiger charge is 2.26. The number of hydrogen-bond acceptors (Lipinski definition) is 3. The molecule has 0 aliphatic carbocycles. The summed E-state index contributed by atoms with van der Waals surface area (Å²) in [5.41, 5.74) is 0. The monoisotopic (exact) mass is 323 g/mol. The van der Waals surface area contributed by atoms with E-state index >= 15 is 0 Å². The van der Waals surface area contributed by atoms with E-state index in [0.717, 1.165) is 6.04 Å². The van der Waals surface area contributed by atoms with Crippen LogP contribution in [0.1, 0.15) is 19.8 Å². The molecule has 4 heteroatoms. The molecule has 88 valence electrons. The fraction of sp³-hybridized carbons (Fsp3) is 1.00. The van der Waals surface area contributed by atoms with Gasteiger partial charge in [-0.25, -0.2) is 3.11 Å². The first-order chi connectivity index (χ1) is 7.29. The Balaban J connectivity index is 1.75. The Bertz CT molecular complexity index is 184. The maximum Gasteiger partial charge on any atom is 0.0209 e. The van der Waals surface area contributed by atoms with Crippen LogP contribution in [0.25, 0.3) is 0 Å². The molecule has 2 heterocycles. The van der Waals surface area contributed by atoms with Crippen LogP contribution in [-0.2, 0) is 0 Å². The van der Waals surface area contributed by atoms with Gasteiger partial charge in [-0.2, -0.15) is 0 Å². The van der Waals surface area contributed by atoms with Crippen molar-refractivity contribution in [2.45, 2.75) is 25.8 Å². The molecular formula is C11H22IN3. The van der Waals surface area contributed by atoms with Crippen molar-refractivity contribution in [1.29, 1.82) is 0 Å². The summed E-state index contributed by atoms with van der Waals surface area (Å²) in [7, 11) is 0. The van der Waals surface area contributed by atoms with Crippen LogP contribution in [0.5, 0.6) is 0 Å². The van der Waals surface area contributed by atoms with Crippen molar-refractivity contribution in [3.63, 3.8) is 0 Å². The summed E-state index contributed by atoms with van der Waals surface area (Å²) in [4.78, 5) is 5.28. The van der Waals surface area contributed by atoms with Crippen LogP contribution in [0.15, 0.2) is 0 Å². The zero-order valence-corrected chi connectivity index (χ0v) is 11.8. The number of piperazine rings is 1. The van der Waals surface area contributed by atoms with Gasteiger partial charge in [-0.3, -0.25) is 4.90 Å². The molecule has 2 aliphatic rings. The van der Waals surface area contributed by atoms with E-state index in [1.807, 2.05) is 0 Å². The van der Waals surface area contributed by atoms with Gasteiger partial charge in [-0.05, 0) is 32.5 Å². The highest BCUT2D eigenvalue weighted by molar-refractivity contribution is 14.1. The van der Waals surface area contributed by atoms with Crippen LogP contribution in [-0.4, -0.2) is 64.8 Å². The lowest BCUT2D eigenvalue weighted by Gasteiger charge is -2.41. The van der Waals surface area contributed by atoms with Gasteiger partial charge >= 0.3 is 0 Å². The molecule has 2 rings (SSSR count). The highest BCUT2D eigenvalue weighted by Crippen LogP contribution is 2.18. The van der Waals surface area contributed by atoms with Crippen LogP contribution < -0.4 is 0 Å². The van der Waals surface area contributed by atoms with Gasteiger partial charge in [0, 0.05) is 55.1 Å². The fourth-order valence-electron chi connectivity index (χ4n) is 2.66. The maximum absolute atomic E-state index is 2.71. The molecule has 15 heavy (non-hydrogen) atoms. The normalized spacial score (nSPS) is 28.4. The van der Waals surface area contributed by atoms with Gasteiger partial charge in [0.1, 0.15) is 0 Å². The molecule has 0 amide bonds. The maximum atomic E-state index is 2.71. The number of hydrogen-bond donors (Lipinski definition) is 0. The Hall–Kier alpha value is 0.610. The average molecular weight is 323 g/mol. The molecule has 0 bridgehead atoms. The molecule has 0 atom stereocenters. The van der Waals surface area contributed by atoms with Crippen LogP contribution in [0.2, 0.25) is 0 Å². The molecule has 2 aliphatic heterocycles. The van der Waals surface area contributed by atoms with Gasteiger partial charge in [-0.15, -0.1) is 0 Å². The van der Waals surface area contributed by atoms with Gasteiger partial charge in [0.25, 0.3) is 0 Å². The minimum Gasteiger partial charge on any atom is -0.303 e. The largest absolute Gasteiger partial charge is 0.303 e. The molecule has 0 aromatic heterocycles. The van der Waals surface area contributed by atoms with E-state index in [1.54, 1.807) is 0 Å². The smallest absolute Gasteiger partial charge is 0.0209 e. The SMILES string of the molecule is CCN1CCC(N2CCN(I)CC2)CC1. The number of rotatable bonds is 2. The summed E-state index contributed by atoms with van der Waals surface area (Å²) in [5, 5.41) is 0. The summed E-state index contributed by atoms with van der Waals surface area (Å²) >= 11 is 2.45. The summed E-state index contributed by atoms with van der Waals surface area (Å²) in [6.45, 7) is 11.2. The van der Waals surface area contributed by atoms with E-state index in [9.17, 15) is 0 Å². The molecule has 0 saturated carbocycles. The van der Waals surface area contributed by atoms with Gasteiger partial charge in [0.15, 0.2) is 0 Å². The molecule has 0 unspecified atom stereocenters. The van der Waals surface area contributed by atoms with Crippen molar-refractivity contribution in [3.8, 4) is 0 Å². The van der Waals surface area contributed by atoms with Crippen LogP contribution >= 0.6 is 22.9 Å². The Morgan fingerprint density at radius 3 is 2.13 bits per heavy atom. The number of likely N-dealkylation sites (tertiary alicyclic amines) is 1. The van der Waals surface area contributed by atoms with Gasteiger partial charge < -0.3 is 4.90 Å². The van der Waals surface area contributed by atoms with E-state index < -0.39 is 0 Å². The fourth-order valence-corrected chi connectivity index (χ4v) is 3.09. The Morgan fingerprint density at radius 1 is 1.00 bits per heavy atom. The van der Waals surface area contributed by atoms with Gasteiger partial charge in [0.05, 0.1) is 0 Å². The molecule has 0 aromatic carbocycles. The highest BCUT2D eigenvalue weighted by atomic mass is 127. The Labute approximate surface area is 107 Å². The molecule has 0 aromatic rings. The number of halogens is 1. The predicted molar refractivity (Wildman–Crippen MR) is 72.3 cm³/mol. The Kier molecular flexibility index (Phi) is 4.67. The van der Waals surface area contributed by atoms with E-state index in [2.05, 4.69) is 42.7 Å². The van der Waals surface area contributed by atoms with E-state index in [-0.39, 0.29) is 0 Å². The summed E-state index contributed by atoms with van der Waals surface area (Å²) in [5.74, 6) is 0. The van der Waals surface area contributed by atoms with Gasteiger partial charge in [-0.1, -0.05) is 6.92 Å². The van der Waals surface area contributed by atoms with E-state index in [4.69, 9.17) is 0 Å². The molecule has 0 spiro atoms. The summed E-state index contributed by atoms with van der Waals surface area (Å²) in [6, 6.07) is 0.873. The second-order valence-corrected chi connectivity index (χ2v) is 5.98. The first-order valence-electron chi connectivity index (χ1n) is 6.16. The van der Waals surface area contributed by atoms with Crippen molar-refractivity contribution in [2.24, 2.45) is 0 Å². The Morgan fingerprint density at radius 2 is 1.60 bits per heavy atom. The third-order valence-corrected chi connectivity index (χ3v) is 4.75. The van der Waals surface area contributed by atoms with Crippen molar-refractivity contribution >= 4 is 22.9 Å². The summed E-state index contributed by atoms with van der Waals surface area (Å²) in [6.07, 6.45) is 2.77. The molecule has 2 fully saturated rings. The quantitative estimate of drug-likeness (QED) is 0.562. The van der Waals surface area contributed by atoms with Gasteiger partial charge in [0.2, 0.25) is 0 Å². The lowest BCUT2D eigenvalue weighted by atomic mass is 10.0. The molecule has 0 N–H and O–H groups in total. The molecule has 2 saturated heterocycles. The second kappa shape index (κ2) is 5.80. The van der Waals surface area contributed by atoms with Crippen molar-refractivity contribution in [2.75, 3.05) is 45.8 Å². The minimum atomic E-state index is 0.873. The second-order valence-electron chi connectivity index (χ2n) is 4.61. The standard InChI is InChI=1S/C11H22IN3/c1-2-13-5-3-11(4-6-13)14-7-9-15(12)10-8-14/h11H,2-10H2,1H3. The van der Waals surface area contributed by atoms with Crippen molar-refractivity contribution < 1.29 is 0 Å². The molecule has 0 radical (unpaired) electrons. The molecule has 3 nitrogen and oxygen atoms in total. The summed E-state index contributed by atoms with van der Waals surface area (Å²) < 4.78 is 2.41. The minimum absolute atomic E-state index is 0.873. The van der Waals surface area contributed by atoms with E-state index in [0.29, 0.717) is 0 Å². The zero-order chi connectivity index (χ0) is 10.7. The lowest BCUT2D eigenvalue weighted by molar-refractivity contribution is 0.0886. The lowest BCUT2D eigenvalue weighted by Crippen LogP contribution is -2.51. The van der Waals surface area contributed by atoms with Crippen molar-refractivity contribution in [1.82, 2.24) is 12.9 Å². The predicted octanol–water partition coefficient (Wildman–Crippen LogP) is 1.44. The number of piperidine rings is 1. The topological polar surface area (TPSA) is 9.72 Å². The van der Waals surface area contributed by atoms with E-state index in [1.165, 1.54) is 58.7 Å². The third-order valence-electron chi connectivity index (χ3n) is 3.78. The zero-order valence-electron chi connectivity index (χ0n) is 9.66. The van der Waals surface area contributed by atoms with Crippen LogP contribution in [0.4, 0.5) is 0 Å². The first-order valence-corrected chi connectivity index (χ1v) is 7.13. The first kappa shape index (κ1) is 12.1. The van der Waals surface area contributed by atoms with Crippen LogP contribution in [0, 0.1) is 0 Å². The third kappa shape index (κ3) is 3.28. The van der Waals surface area contributed by atoms with Crippen molar-refractivity contribution in [3.05, 3.63) is 0 Å². The molecular weight excluding hydrogens is 301 g/mol. The average Bonchev–Trinajstić information content (AvgIpc) is 2.30. The van der Waals surface area contributed by atoms with Crippen LogP contribution in [0.3, 0.4) is 0 Å². The number of nitrogens with zero attached hydrogens (tertiary/aromatic N) is 3.